The highest BCUT2D eigenvalue weighted by atomic mass is 16.5. The molecule has 116 valence electrons. The fourth-order valence-electron chi connectivity index (χ4n) is 2.20. The summed E-state index contributed by atoms with van der Waals surface area (Å²) in [6.45, 7) is 3.28. The van der Waals surface area contributed by atoms with Gasteiger partial charge < -0.3 is 15.2 Å². The topological polar surface area (TPSA) is 109 Å². The number of ether oxygens (including phenoxy) is 2. The third-order valence-electron chi connectivity index (χ3n) is 3.19. The quantitative estimate of drug-likeness (QED) is 0.804. The Kier molecular flexibility index (Phi) is 4.77. The number of hydrogen-bond acceptors (Lipinski definition) is 7. The molecule has 1 aliphatic carbocycles. The van der Waals surface area contributed by atoms with E-state index in [0.29, 0.717) is 0 Å². The molecule has 0 aliphatic heterocycles. The summed E-state index contributed by atoms with van der Waals surface area (Å²) in [6.07, 6.45) is 3.64. The van der Waals surface area contributed by atoms with Gasteiger partial charge in [0, 0.05) is 0 Å². The number of nitrogens with two attached hydrogens (primary N) is 1. The van der Waals surface area contributed by atoms with E-state index in [2.05, 4.69) is 10.3 Å². The highest BCUT2D eigenvalue weighted by Crippen LogP contribution is 2.21. The molecule has 0 saturated heterocycles. The van der Waals surface area contributed by atoms with Crippen LogP contribution in [0.1, 0.15) is 50.0 Å². The highest BCUT2D eigenvalue weighted by Gasteiger charge is 2.23. The Morgan fingerprint density at radius 1 is 1.38 bits per heavy atom. The number of aromatic nitrogens is 3. The van der Waals surface area contributed by atoms with Gasteiger partial charge in [0.1, 0.15) is 12.6 Å². The first-order valence-corrected chi connectivity index (χ1v) is 7.06. The Labute approximate surface area is 122 Å². The molecule has 0 radical (unpaired) electrons. The number of esters is 2. The van der Waals surface area contributed by atoms with Gasteiger partial charge in [0.05, 0.1) is 6.10 Å². The monoisotopic (exact) mass is 296 g/mol. The molecule has 1 aliphatic rings. The molecule has 1 heterocycles. The van der Waals surface area contributed by atoms with Crippen molar-refractivity contribution >= 4 is 17.8 Å². The van der Waals surface area contributed by atoms with Gasteiger partial charge in [0.15, 0.2) is 5.82 Å². The van der Waals surface area contributed by atoms with Gasteiger partial charge in [0.25, 0.3) is 0 Å². The molecule has 2 N–H and O–H groups in total. The Bertz CT molecular complexity index is 520. The zero-order valence-electron chi connectivity index (χ0n) is 12.2. The van der Waals surface area contributed by atoms with E-state index in [1.807, 2.05) is 0 Å². The standard InChI is InChI=1S/C13H20N4O4/c1-8(2)20-13(19)11-12(14)17(16-15-11)7-10(18)21-9-5-3-4-6-9/h8-9H,3-7,14H2,1-2H3. The van der Waals surface area contributed by atoms with Crippen molar-refractivity contribution in [3.05, 3.63) is 5.69 Å². The van der Waals surface area contributed by atoms with Crippen LogP contribution in [0.5, 0.6) is 0 Å². The zero-order valence-corrected chi connectivity index (χ0v) is 12.2. The number of rotatable bonds is 5. The van der Waals surface area contributed by atoms with Gasteiger partial charge in [-0.05, 0) is 39.5 Å². The molecule has 8 nitrogen and oxygen atoms in total. The van der Waals surface area contributed by atoms with Crippen molar-refractivity contribution in [3.63, 3.8) is 0 Å². The molecule has 1 aromatic rings. The maximum Gasteiger partial charge on any atom is 0.363 e. The van der Waals surface area contributed by atoms with Gasteiger partial charge in [0.2, 0.25) is 5.69 Å². The summed E-state index contributed by atoms with van der Waals surface area (Å²) in [6, 6.07) is 0. The van der Waals surface area contributed by atoms with Gasteiger partial charge in [-0.3, -0.25) is 4.79 Å². The first-order chi connectivity index (χ1) is 9.97. The number of carbonyl (C=O) groups is 2. The Morgan fingerprint density at radius 2 is 2.05 bits per heavy atom. The predicted octanol–water partition coefficient (Wildman–Crippen LogP) is 0.911. The fraction of sp³-hybridized carbons (Fsp3) is 0.692. The van der Waals surface area contributed by atoms with Crippen LogP contribution in [0.15, 0.2) is 0 Å². The van der Waals surface area contributed by atoms with Crippen LogP contribution in [0.2, 0.25) is 0 Å². The minimum Gasteiger partial charge on any atom is -0.461 e. The van der Waals surface area contributed by atoms with E-state index in [4.69, 9.17) is 15.2 Å². The summed E-state index contributed by atoms with van der Waals surface area (Å²) in [5.41, 5.74) is 5.68. The molecular formula is C13H20N4O4. The molecule has 0 amide bonds. The zero-order chi connectivity index (χ0) is 15.4. The molecule has 0 aromatic carbocycles. The van der Waals surface area contributed by atoms with Crippen molar-refractivity contribution in [2.75, 3.05) is 5.73 Å². The third-order valence-corrected chi connectivity index (χ3v) is 3.19. The maximum absolute atomic E-state index is 11.8. The summed E-state index contributed by atoms with van der Waals surface area (Å²) in [7, 11) is 0. The smallest absolute Gasteiger partial charge is 0.363 e. The maximum atomic E-state index is 11.8. The van der Waals surface area contributed by atoms with Crippen LogP contribution in [0.25, 0.3) is 0 Å². The summed E-state index contributed by atoms with van der Waals surface area (Å²) in [5, 5.41) is 7.36. The molecule has 1 saturated carbocycles. The van der Waals surface area contributed by atoms with Crippen LogP contribution in [0.3, 0.4) is 0 Å². The van der Waals surface area contributed by atoms with Gasteiger partial charge in [-0.1, -0.05) is 5.21 Å². The Balaban J connectivity index is 1.96. The SMILES string of the molecule is CC(C)OC(=O)c1nnn(CC(=O)OC2CCCC2)c1N. The average molecular weight is 296 g/mol. The van der Waals surface area contributed by atoms with Crippen LogP contribution in [0, 0.1) is 0 Å². The molecule has 0 unspecified atom stereocenters. The number of carbonyl (C=O) groups excluding carboxylic acids is 2. The molecule has 1 aromatic heterocycles. The van der Waals surface area contributed by atoms with Gasteiger partial charge in [-0.2, -0.15) is 0 Å². The molecule has 0 spiro atoms. The van der Waals surface area contributed by atoms with Crippen molar-refractivity contribution in [2.24, 2.45) is 0 Å². The largest absolute Gasteiger partial charge is 0.461 e. The van der Waals surface area contributed by atoms with E-state index >= 15 is 0 Å². The van der Waals surface area contributed by atoms with E-state index in [0.717, 1.165) is 30.4 Å². The predicted molar refractivity (Wildman–Crippen MR) is 73.3 cm³/mol. The van der Waals surface area contributed by atoms with Crippen molar-refractivity contribution in [1.29, 1.82) is 0 Å². The van der Waals surface area contributed by atoms with E-state index in [1.54, 1.807) is 13.8 Å². The lowest BCUT2D eigenvalue weighted by Gasteiger charge is -2.11. The number of anilines is 1. The van der Waals surface area contributed by atoms with Crippen LogP contribution >= 0.6 is 0 Å². The first-order valence-electron chi connectivity index (χ1n) is 7.06. The summed E-state index contributed by atoms with van der Waals surface area (Å²) in [4.78, 5) is 23.5. The van der Waals surface area contributed by atoms with Crippen LogP contribution in [-0.2, 0) is 20.8 Å². The Morgan fingerprint density at radius 3 is 2.67 bits per heavy atom. The minimum absolute atomic E-state index is 0.00372. The lowest BCUT2D eigenvalue weighted by Crippen LogP contribution is -2.21. The van der Waals surface area contributed by atoms with Gasteiger partial charge in [-0.25, -0.2) is 9.48 Å². The number of nitrogens with zero attached hydrogens (tertiary/aromatic N) is 3. The molecule has 1 fully saturated rings. The van der Waals surface area contributed by atoms with Crippen molar-refractivity contribution < 1.29 is 19.1 Å². The van der Waals surface area contributed by atoms with Crippen LogP contribution in [-0.4, -0.2) is 39.1 Å². The lowest BCUT2D eigenvalue weighted by atomic mass is 10.3. The van der Waals surface area contributed by atoms with E-state index in [1.165, 1.54) is 0 Å². The second kappa shape index (κ2) is 6.55. The van der Waals surface area contributed by atoms with Crippen molar-refractivity contribution in [1.82, 2.24) is 15.0 Å². The molecule has 21 heavy (non-hydrogen) atoms. The fourth-order valence-corrected chi connectivity index (χ4v) is 2.20. The summed E-state index contributed by atoms with van der Waals surface area (Å²) in [5.74, 6) is -1.08. The third kappa shape index (κ3) is 3.93. The molecule has 0 bridgehead atoms. The van der Waals surface area contributed by atoms with E-state index < -0.39 is 11.9 Å². The van der Waals surface area contributed by atoms with Crippen molar-refractivity contribution in [2.45, 2.75) is 58.3 Å². The van der Waals surface area contributed by atoms with Crippen LogP contribution < -0.4 is 5.73 Å². The van der Waals surface area contributed by atoms with E-state index in [-0.39, 0.29) is 30.3 Å². The minimum atomic E-state index is -0.655. The number of nitrogen functional groups attached to an aromatic ring is 1. The first kappa shape index (κ1) is 15.3. The second-order valence-electron chi connectivity index (χ2n) is 5.33. The van der Waals surface area contributed by atoms with Crippen LogP contribution in [0.4, 0.5) is 5.82 Å². The number of hydrogen-bond donors (Lipinski definition) is 1. The van der Waals surface area contributed by atoms with Gasteiger partial charge in [-0.15, -0.1) is 5.10 Å². The normalized spacial score (nSPS) is 15.4. The average Bonchev–Trinajstić information content (AvgIpc) is 3.00. The second-order valence-corrected chi connectivity index (χ2v) is 5.33. The molecular weight excluding hydrogens is 276 g/mol. The summed E-state index contributed by atoms with van der Waals surface area (Å²) >= 11 is 0. The van der Waals surface area contributed by atoms with Gasteiger partial charge >= 0.3 is 11.9 Å². The highest BCUT2D eigenvalue weighted by molar-refractivity contribution is 5.92. The molecule has 8 heteroatoms. The summed E-state index contributed by atoms with van der Waals surface area (Å²) < 4.78 is 11.4. The Hall–Kier alpha value is -2.12. The van der Waals surface area contributed by atoms with E-state index in [9.17, 15) is 9.59 Å². The lowest BCUT2D eigenvalue weighted by molar-refractivity contribution is -0.149. The van der Waals surface area contributed by atoms with Crippen molar-refractivity contribution in [3.8, 4) is 0 Å². The molecule has 0 atom stereocenters. The molecule has 2 rings (SSSR count).